The van der Waals surface area contributed by atoms with Crippen LogP contribution in [0.5, 0.6) is 0 Å². The van der Waals surface area contributed by atoms with Crippen LogP contribution in [0.15, 0.2) is 0 Å². The third-order valence-electron chi connectivity index (χ3n) is 1.80. The van der Waals surface area contributed by atoms with Crippen LogP contribution in [0.2, 0.25) is 0 Å². The normalized spacial score (nSPS) is 10.2. The molecule has 0 heterocycles. The molecule has 0 rings (SSSR count). The van der Waals surface area contributed by atoms with E-state index < -0.39 is 0 Å². The van der Waals surface area contributed by atoms with Crippen molar-refractivity contribution in [1.82, 2.24) is 15.3 Å². The van der Waals surface area contributed by atoms with Gasteiger partial charge in [-0.3, -0.25) is 5.43 Å². The van der Waals surface area contributed by atoms with E-state index in [4.69, 9.17) is 0 Å². The molecule has 0 atom stereocenters. The maximum Gasteiger partial charge on any atom is 0.0255 e. The summed E-state index contributed by atoms with van der Waals surface area (Å²) in [7, 11) is 6.16. The Hall–Kier alpha value is -0.120. The Labute approximate surface area is 84.1 Å². The summed E-state index contributed by atoms with van der Waals surface area (Å²) in [5, 5.41) is 2.09. The Morgan fingerprint density at radius 2 is 1.54 bits per heavy atom. The molecule has 0 spiro atoms. The van der Waals surface area contributed by atoms with E-state index in [1.807, 2.05) is 20.9 Å². The first-order valence-electron chi connectivity index (χ1n) is 5.27. The van der Waals surface area contributed by atoms with Crippen molar-refractivity contribution in [2.75, 3.05) is 40.8 Å². The molecular formula is C10H27N3. The van der Waals surface area contributed by atoms with Crippen LogP contribution < -0.4 is 5.43 Å². The number of hydrogen-bond acceptors (Lipinski definition) is 3. The van der Waals surface area contributed by atoms with Crippen molar-refractivity contribution in [3.05, 3.63) is 0 Å². The number of rotatable bonds is 6. The van der Waals surface area contributed by atoms with Crippen molar-refractivity contribution < 1.29 is 0 Å². The third kappa shape index (κ3) is 11.9. The van der Waals surface area contributed by atoms with Gasteiger partial charge in [-0.25, -0.2) is 5.01 Å². The first-order valence-corrected chi connectivity index (χ1v) is 5.27. The largest absolute Gasteiger partial charge is 0.305 e. The predicted octanol–water partition coefficient (Wildman–Crippen LogP) is 1.42. The fourth-order valence-corrected chi connectivity index (χ4v) is 0.926. The monoisotopic (exact) mass is 189 g/mol. The highest BCUT2D eigenvalue weighted by molar-refractivity contribution is 4.51. The molecule has 0 saturated carbocycles. The summed E-state index contributed by atoms with van der Waals surface area (Å²) in [6, 6.07) is 0. The van der Waals surface area contributed by atoms with Crippen LogP contribution in [0, 0.1) is 0 Å². The minimum Gasteiger partial charge on any atom is -0.305 e. The fourth-order valence-electron chi connectivity index (χ4n) is 0.926. The van der Waals surface area contributed by atoms with E-state index in [0.717, 1.165) is 13.1 Å². The number of nitrogens with zero attached hydrogens (tertiary/aromatic N) is 2. The van der Waals surface area contributed by atoms with E-state index in [9.17, 15) is 0 Å². The third-order valence-corrected chi connectivity index (χ3v) is 1.80. The molecule has 0 saturated heterocycles. The lowest BCUT2D eigenvalue weighted by atomic mass is 10.4. The quantitative estimate of drug-likeness (QED) is 0.638. The van der Waals surface area contributed by atoms with E-state index >= 15 is 0 Å². The summed E-state index contributed by atoms with van der Waals surface area (Å²) < 4.78 is 0. The van der Waals surface area contributed by atoms with Gasteiger partial charge in [0.1, 0.15) is 0 Å². The molecule has 0 aliphatic heterocycles. The fraction of sp³-hybridized carbons (Fsp3) is 1.00. The van der Waals surface area contributed by atoms with Crippen molar-refractivity contribution in [2.24, 2.45) is 0 Å². The minimum absolute atomic E-state index is 1.08. The summed E-state index contributed by atoms with van der Waals surface area (Å²) in [6.07, 6.45) is 1.24. The second-order valence-electron chi connectivity index (χ2n) is 2.95. The SMILES string of the molecule is CC.CCCN(C)CCN(C)NC. The van der Waals surface area contributed by atoms with Gasteiger partial charge in [0.2, 0.25) is 0 Å². The van der Waals surface area contributed by atoms with Crippen LogP contribution in [-0.4, -0.2) is 50.7 Å². The van der Waals surface area contributed by atoms with E-state index in [2.05, 4.69) is 36.4 Å². The summed E-state index contributed by atoms with van der Waals surface area (Å²) in [5.74, 6) is 0. The van der Waals surface area contributed by atoms with Crippen molar-refractivity contribution in [1.29, 1.82) is 0 Å². The highest BCUT2D eigenvalue weighted by atomic mass is 15.5. The predicted molar refractivity (Wildman–Crippen MR) is 60.8 cm³/mol. The average Bonchev–Trinajstić information content (AvgIpc) is 2.18. The molecule has 0 aliphatic carbocycles. The summed E-state index contributed by atoms with van der Waals surface area (Å²) in [4.78, 5) is 2.34. The van der Waals surface area contributed by atoms with Crippen LogP contribution >= 0.6 is 0 Å². The van der Waals surface area contributed by atoms with Crippen molar-refractivity contribution in [3.8, 4) is 0 Å². The molecule has 3 nitrogen and oxygen atoms in total. The van der Waals surface area contributed by atoms with E-state index in [1.165, 1.54) is 13.0 Å². The first kappa shape index (κ1) is 15.4. The Kier molecular flexibility index (Phi) is 14.0. The molecule has 0 aliphatic rings. The van der Waals surface area contributed by atoms with Gasteiger partial charge in [0, 0.05) is 20.1 Å². The zero-order chi connectivity index (χ0) is 10.7. The number of likely N-dealkylation sites (N-methyl/N-ethyl adjacent to an activating group) is 2. The van der Waals surface area contributed by atoms with E-state index in [1.54, 1.807) is 0 Å². The zero-order valence-corrected chi connectivity index (χ0v) is 10.2. The van der Waals surface area contributed by atoms with Gasteiger partial charge in [-0.05, 0) is 27.1 Å². The van der Waals surface area contributed by atoms with Gasteiger partial charge < -0.3 is 4.90 Å². The van der Waals surface area contributed by atoms with Gasteiger partial charge in [0.25, 0.3) is 0 Å². The average molecular weight is 189 g/mol. The van der Waals surface area contributed by atoms with Crippen LogP contribution in [-0.2, 0) is 0 Å². The van der Waals surface area contributed by atoms with Crippen LogP contribution in [0.4, 0.5) is 0 Å². The van der Waals surface area contributed by atoms with Crippen molar-refractivity contribution in [3.63, 3.8) is 0 Å². The van der Waals surface area contributed by atoms with Crippen molar-refractivity contribution >= 4 is 0 Å². The second-order valence-corrected chi connectivity index (χ2v) is 2.95. The van der Waals surface area contributed by atoms with Gasteiger partial charge in [0.05, 0.1) is 0 Å². The second kappa shape index (κ2) is 11.9. The maximum atomic E-state index is 3.07. The molecule has 82 valence electrons. The molecule has 0 radical (unpaired) electrons. The van der Waals surface area contributed by atoms with Gasteiger partial charge in [-0.2, -0.15) is 0 Å². The lowest BCUT2D eigenvalue weighted by Gasteiger charge is -2.20. The number of hydrazine groups is 1. The number of hydrogen-bond donors (Lipinski definition) is 1. The highest BCUT2D eigenvalue weighted by Crippen LogP contribution is 1.85. The van der Waals surface area contributed by atoms with Crippen LogP contribution in [0.3, 0.4) is 0 Å². The molecule has 0 unspecified atom stereocenters. The molecule has 0 aromatic carbocycles. The van der Waals surface area contributed by atoms with E-state index in [-0.39, 0.29) is 0 Å². The van der Waals surface area contributed by atoms with Gasteiger partial charge >= 0.3 is 0 Å². The zero-order valence-electron chi connectivity index (χ0n) is 10.2. The Morgan fingerprint density at radius 1 is 1.00 bits per heavy atom. The molecule has 3 heteroatoms. The Bertz CT molecular complexity index is 86.2. The molecule has 1 N–H and O–H groups in total. The topological polar surface area (TPSA) is 18.5 Å². The van der Waals surface area contributed by atoms with Crippen LogP contribution in [0.1, 0.15) is 27.2 Å². The van der Waals surface area contributed by atoms with E-state index in [0.29, 0.717) is 0 Å². The Balaban J connectivity index is 0. The molecular weight excluding hydrogens is 162 g/mol. The van der Waals surface area contributed by atoms with Gasteiger partial charge in [0.15, 0.2) is 0 Å². The summed E-state index contributed by atoms with van der Waals surface area (Å²) >= 11 is 0. The lowest BCUT2D eigenvalue weighted by molar-refractivity contribution is 0.215. The Morgan fingerprint density at radius 3 is 1.92 bits per heavy atom. The summed E-state index contributed by atoms with van der Waals surface area (Å²) in [6.45, 7) is 9.61. The first-order chi connectivity index (χ1) is 6.20. The molecule has 0 bridgehead atoms. The minimum atomic E-state index is 1.08. The molecule has 0 aromatic rings. The van der Waals surface area contributed by atoms with Gasteiger partial charge in [-0.1, -0.05) is 20.8 Å². The highest BCUT2D eigenvalue weighted by Gasteiger charge is 1.97. The van der Waals surface area contributed by atoms with Crippen molar-refractivity contribution in [2.45, 2.75) is 27.2 Å². The molecule has 0 amide bonds. The number of nitrogens with one attached hydrogen (secondary N) is 1. The standard InChI is InChI=1S/C8H21N3.C2H6/c1-5-6-10(3)7-8-11(4)9-2;1-2/h9H,5-8H2,1-4H3;1-2H3. The maximum absolute atomic E-state index is 3.07. The molecule has 0 fully saturated rings. The van der Waals surface area contributed by atoms with Gasteiger partial charge in [-0.15, -0.1) is 0 Å². The molecule has 13 heavy (non-hydrogen) atoms. The van der Waals surface area contributed by atoms with Crippen LogP contribution in [0.25, 0.3) is 0 Å². The summed E-state index contributed by atoms with van der Waals surface area (Å²) in [5.41, 5.74) is 3.07. The molecule has 0 aromatic heterocycles. The smallest absolute Gasteiger partial charge is 0.0255 e. The lowest BCUT2D eigenvalue weighted by Crippen LogP contribution is -2.37.